The largest absolute Gasteiger partial charge is 0.497 e. The van der Waals surface area contributed by atoms with E-state index < -0.39 is 0 Å². The fourth-order valence-corrected chi connectivity index (χ4v) is 1.63. The molecule has 0 amide bonds. The van der Waals surface area contributed by atoms with Crippen molar-refractivity contribution in [1.82, 2.24) is 4.98 Å². The molecule has 0 unspecified atom stereocenters. The second-order valence-corrected chi connectivity index (χ2v) is 3.59. The van der Waals surface area contributed by atoms with Crippen molar-refractivity contribution >= 4 is 6.29 Å². The Balaban J connectivity index is 2.49. The number of nitrogens with zero attached hydrogens (tertiary/aromatic N) is 2. The van der Waals surface area contributed by atoms with E-state index >= 15 is 0 Å². The van der Waals surface area contributed by atoms with E-state index in [2.05, 4.69) is 4.98 Å². The topological polar surface area (TPSA) is 63.0 Å². The van der Waals surface area contributed by atoms with Gasteiger partial charge in [-0.15, -0.1) is 0 Å². The predicted molar refractivity (Wildman–Crippen MR) is 66.3 cm³/mol. The molecule has 88 valence electrons. The maximum Gasteiger partial charge on any atom is 0.168 e. The van der Waals surface area contributed by atoms with E-state index in [1.165, 1.54) is 0 Å². The molecule has 2 rings (SSSR count). The van der Waals surface area contributed by atoms with Crippen LogP contribution in [0.2, 0.25) is 0 Å². The van der Waals surface area contributed by atoms with Crippen molar-refractivity contribution in [3.63, 3.8) is 0 Å². The Morgan fingerprint density at radius 2 is 1.94 bits per heavy atom. The summed E-state index contributed by atoms with van der Waals surface area (Å²) < 4.78 is 5.07. The molecule has 1 aromatic heterocycles. The van der Waals surface area contributed by atoms with Crippen molar-refractivity contribution < 1.29 is 9.53 Å². The Morgan fingerprint density at radius 3 is 2.50 bits per heavy atom. The first-order valence-electron chi connectivity index (χ1n) is 5.29. The number of nitriles is 1. The third-order valence-corrected chi connectivity index (χ3v) is 2.54. The molecule has 0 aliphatic carbocycles. The lowest BCUT2D eigenvalue weighted by molar-refractivity contribution is 0.111. The van der Waals surface area contributed by atoms with E-state index in [9.17, 15) is 4.79 Å². The minimum Gasteiger partial charge on any atom is -0.497 e. The number of rotatable bonds is 3. The Bertz CT molecular complexity index is 613. The molecule has 0 saturated heterocycles. The molecule has 2 aromatic rings. The summed E-state index contributed by atoms with van der Waals surface area (Å²) in [6.07, 6.45) is 0.624. The van der Waals surface area contributed by atoms with Crippen LogP contribution >= 0.6 is 0 Å². The lowest BCUT2D eigenvalue weighted by Crippen LogP contribution is -1.94. The van der Waals surface area contributed by atoms with Crippen LogP contribution in [0, 0.1) is 11.3 Å². The average molecular weight is 238 g/mol. The lowest BCUT2D eigenvalue weighted by atomic mass is 10.0. The Morgan fingerprint density at radius 1 is 1.22 bits per heavy atom. The van der Waals surface area contributed by atoms with Crippen LogP contribution in [-0.4, -0.2) is 18.4 Å². The molecule has 18 heavy (non-hydrogen) atoms. The molecule has 1 aromatic carbocycles. The minimum absolute atomic E-state index is 0.241. The number of carbonyl (C=O) groups excluding carboxylic acids is 1. The maximum atomic E-state index is 10.6. The highest BCUT2D eigenvalue weighted by Crippen LogP contribution is 2.24. The Hall–Kier alpha value is -2.67. The average Bonchev–Trinajstić information content (AvgIpc) is 2.46. The van der Waals surface area contributed by atoms with E-state index in [1.807, 2.05) is 30.3 Å². The molecule has 0 radical (unpaired) electrons. The predicted octanol–water partition coefficient (Wildman–Crippen LogP) is 2.44. The van der Waals surface area contributed by atoms with Gasteiger partial charge in [-0.3, -0.25) is 4.79 Å². The zero-order chi connectivity index (χ0) is 13.0. The molecule has 1 heterocycles. The van der Waals surface area contributed by atoms with Crippen molar-refractivity contribution in [2.24, 2.45) is 0 Å². The van der Waals surface area contributed by atoms with Crippen LogP contribution < -0.4 is 4.74 Å². The number of ether oxygens (including phenoxy) is 1. The first-order valence-corrected chi connectivity index (χ1v) is 5.29. The van der Waals surface area contributed by atoms with Crippen LogP contribution in [0.1, 0.15) is 16.2 Å². The third-order valence-electron chi connectivity index (χ3n) is 2.54. The fraction of sp³-hybridized carbons (Fsp3) is 0.0714. The lowest BCUT2D eigenvalue weighted by Gasteiger charge is -2.05. The number of methoxy groups -OCH3 is 1. The van der Waals surface area contributed by atoms with Crippen molar-refractivity contribution in [3.8, 4) is 22.9 Å². The fourth-order valence-electron chi connectivity index (χ4n) is 1.63. The number of pyridine rings is 1. The highest BCUT2D eigenvalue weighted by Gasteiger charge is 2.07. The summed E-state index contributed by atoms with van der Waals surface area (Å²) in [5.41, 5.74) is 2.05. The van der Waals surface area contributed by atoms with Gasteiger partial charge in [0.05, 0.1) is 7.11 Å². The van der Waals surface area contributed by atoms with Gasteiger partial charge in [0.2, 0.25) is 0 Å². The first-order chi connectivity index (χ1) is 8.78. The summed E-state index contributed by atoms with van der Waals surface area (Å²) >= 11 is 0. The molecule has 4 nitrogen and oxygen atoms in total. The number of benzene rings is 1. The summed E-state index contributed by atoms with van der Waals surface area (Å²) in [6, 6.07) is 12.6. The highest BCUT2D eigenvalue weighted by atomic mass is 16.5. The number of hydrogen-bond donors (Lipinski definition) is 0. The van der Waals surface area contributed by atoms with Gasteiger partial charge in [0.15, 0.2) is 6.29 Å². The third kappa shape index (κ3) is 2.20. The summed E-state index contributed by atoms with van der Waals surface area (Å²) in [5, 5.41) is 9.05. The van der Waals surface area contributed by atoms with Crippen molar-refractivity contribution in [3.05, 3.63) is 47.8 Å². The Labute approximate surface area is 104 Å². The van der Waals surface area contributed by atoms with Gasteiger partial charge in [-0.05, 0) is 29.8 Å². The molecule has 0 bridgehead atoms. The van der Waals surface area contributed by atoms with Crippen LogP contribution in [0.5, 0.6) is 5.75 Å². The SMILES string of the molecule is COc1ccc(-c2ccc(C=O)nc2C#N)cc1. The second-order valence-electron chi connectivity index (χ2n) is 3.59. The molecule has 0 saturated carbocycles. The van der Waals surface area contributed by atoms with Gasteiger partial charge in [0.25, 0.3) is 0 Å². The summed E-state index contributed by atoms with van der Waals surface area (Å²) in [4.78, 5) is 14.6. The molecule has 0 spiro atoms. The number of carbonyl (C=O) groups is 1. The monoisotopic (exact) mass is 238 g/mol. The van der Waals surface area contributed by atoms with Gasteiger partial charge in [-0.2, -0.15) is 5.26 Å². The van der Waals surface area contributed by atoms with E-state index in [-0.39, 0.29) is 11.4 Å². The molecule has 0 atom stereocenters. The number of aromatic nitrogens is 1. The van der Waals surface area contributed by atoms with Crippen LogP contribution in [-0.2, 0) is 0 Å². The van der Waals surface area contributed by atoms with Gasteiger partial charge in [-0.25, -0.2) is 4.98 Å². The van der Waals surface area contributed by atoms with Gasteiger partial charge in [-0.1, -0.05) is 12.1 Å². The quantitative estimate of drug-likeness (QED) is 0.770. The number of aldehydes is 1. The van der Waals surface area contributed by atoms with Crippen LogP contribution in [0.4, 0.5) is 0 Å². The second kappa shape index (κ2) is 5.11. The minimum atomic E-state index is 0.241. The first kappa shape index (κ1) is 11.8. The van der Waals surface area contributed by atoms with Gasteiger partial charge >= 0.3 is 0 Å². The van der Waals surface area contributed by atoms with Crippen molar-refractivity contribution in [2.75, 3.05) is 7.11 Å². The number of hydrogen-bond acceptors (Lipinski definition) is 4. The molecule has 0 fully saturated rings. The van der Waals surface area contributed by atoms with Crippen molar-refractivity contribution in [1.29, 1.82) is 5.26 Å². The Kier molecular flexibility index (Phi) is 3.35. The van der Waals surface area contributed by atoms with Gasteiger partial charge in [0.1, 0.15) is 23.2 Å². The van der Waals surface area contributed by atoms with E-state index in [1.54, 1.807) is 19.2 Å². The van der Waals surface area contributed by atoms with Gasteiger partial charge < -0.3 is 4.74 Å². The molecular weight excluding hydrogens is 228 g/mol. The zero-order valence-electron chi connectivity index (χ0n) is 9.75. The zero-order valence-corrected chi connectivity index (χ0v) is 9.75. The van der Waals surface area contributed by atoms with Crippen LogP contribution in [0.15, 0.2) is 36.4 Å². The normalized spacial score (nSPS) is 9.56. The van der Waals surface area contributed by atoms with Crippen LogP contribution in [0.3, 0.4) is 0 Å². The molecule has 0 N–H and O–H groups in total. The molecule has 0 aliphatic heterocycles. The summed E-state index contributed by atoms with van der Waals surface area (Å²) in [6.45, 7) is 0. The standard InChI is InChI=1S/C14H10N2O2/c1-18-12-5-2-10(3-6-12)13-7-4-11(9-17)16-14(13)8-15/h2-7,9H,1H3. The summed E-state index contributed by atoms with van der Waals surface area (Å²) in [7, 11) is 1.59. The van der Waals surface area contributed by atoms with E-state index in [4.69, 9.17) is 10.00 Å². The smallest absolute Gasteiger partial charge is 0.168 e. The molecule has 4 heteroatoms. The highest BCUT2D eigenvalue weighted by molar-refractivity contribution is 5.76. The van der Waals surface area contributed by atoms with Crippen LogP contribution in [0.25, 0.3) is 11.1 Å². The van der Waals surface area contributed by atoms with E-state index in [0.717, 1.165) is 11.3 Å². The van der Waals surface area contributed by atoms with Gasteiger partial charge in [0, 0.05) is 5.56 Å². The van der Waals surface area contributed by atoms with E-state index in [0.29, 0.717) is 11.8 Å². The molecular formula is C14H10N2O2. The molecule has 0 aliphatic rings. The maximum absolute atomic E-state index is 10.6. The van der Waals surface area contributed by atoms with Crippen molar-refractivity contribution in [2.45, 2.75) is 0 Å². The summed E-state index contributed by atoms with van der Waals surface area (Å²) in [5.74, 6) is 0.745.